The van der Waals surface area contributed by atoms with Gasteiger partial charge in [0.1, 0.15) is 11.3 Å². The molecule has 0 fully saturated rings. The van der Waals surface area contributed by atoms with Crippen LogP contribution in [0.1, 0.15) is 29.3 Å². The van der Waals surface area contributed by atoms with E-state index in [4.69, 9.17) is 14.1 Å². The van der Waals surface area contributed by atoms with Crippen molar-refractivity contribution in [2.45, 2.75) is 25.7 Å². The molecule has 28 heavy (non-hydrogen) atoms. The monoisotopic (exact) mass is 414 g/mol. The van der Waals surface area contributed by atoms with Crippen LogP contribution in [0.25, 0.3) is 0 Å². The average Bonchev–Trinajstić information content (AvgIpc) is 2.61. The summed E-state index contributed by atoms with van der Waals surface area (Å²) in [5, 5.41) is 12.8. The van der Waals surface area contributed by atoms with Crippen LogP contribution >= 0.6 is 0 Å². The fourth-order valence-corrected chi connectivity index (χ4v) is 3.07. The SMILES string of the molecule is CCOCOC(=O)c1cccc2c1OB(O)[C@@H](NC(=O)CCNS(C)(=O)=O)C2. The summed E-state index contributed by atoms with van der Waals surface area (Å²) >= 11 is 0. The topological polar surface area (TPSA) is 140 Å². The molecule has 154 valence electrons. The highest BCUT2D eigenvalue weighted by Crippen LogP contribution is 2.30. The van der Waals surface area contributed by atoms with E-state index < -0.39 is 35.0 Å². The van der Waals surface area contributed by atoms with Crippen molar-refractivity contribution in [2.75, 3.05) is 26.2 Å². The van der Waals surface area contributed by atoms with E-state index in [2.05, 4.69) is 10.0 Å². The molecule has 12 heteroatoms. The normalized spacial score (nSPS) is 16.1. The lowest BCUT2D eigenvalue weighted by Crippen LogP contribution is -2.53. The Morgan fingerprint density at radius 2 is 2.14 bits per heavy atom. The molecule has 0 spiro atoms. The molecule has 0 aromatic heterocycles. The molecule has 2 rings (SSSR count). The third-order valence-electron chi connectivity index (χ3n) is 3.88. The van der Waals surface area contributed by atoms with Gasteiger partial charge in [0.15, 0.2) is 6.79 Å². The van der Waals surface area contributed by atoms with Gasteiger partial charge in [-0.3, -0.25) is 4.79 Å². The Kier molecular flexibility index (Phi) is 7.81. The van der Waals surface area contributed by atoms with E-state index in [9.17, 15) is 23.0 Å². The predicted molar refractivity (Wildman–Crippen MR) is 100 cm³/mol. The summed E-state index contributed by atoms with van der Waals surface area (Å²) in [6.07, 6.45) is 1.14. The molecule has 1 amide bonds. The summed E-state index contributed by atoms with van der Waals surface area (Å²) in [5.74, 6) is -1.64. The highest BCUT2D eigenvalue weighted by atomic mass is 32.2. The first-order valence-electron chi connectivity index (χ1n) is 8.66. The second-order valence-corrected chi connectivity index (χ2v) is 7.97. The van der Waals surface area contributed by atoms with Gasteiger partial charge in [0.2, 0.25) is 15.9 Å². The van der Waals surface area contributed by atoms with E-state index in [1.165, 1.54) is 6.07 Å². The number of hydrogen-bond acceptors (Lipinski definition) is 8. The fraction of sp³-hybridized carbons (Fsp3) is 0.500. The van der Waals surface area contributed by atoms with Crippen molar-refractivity contribution in [3.63, 3.8) is 0 Å². The van der Waals surface area contributed by atoms with Crippen LogP contribution in [0.2, 0.25) is 0 Å². The summed E-state index contributed by atoms with van der Waals surface area (Å²) in [5.41, 5.74) is 0.772. The van der Waals surface area contributed by atoms with Crippen LogP contribution in [0.4, 0.5) is 0 Å². The van der Waals surface area contributed by atoms with Crippen molar-refractivity contribution < 1.29 is 37.2 Å². The minimum absolute atomic E-state index is 0.0548. The van der Waals surface area contributed by atoms with E-state index in [0.717, 1.165) is 6.26 Å². The van der Waals surface area contributed by atoms with Crippen LogP contribution in [-0.4, -0.2) is 64.6 Å². The first kappa shape index (κ1) is 22.1. The lowest BCUT2D eigenvalue weighted by molar-refractivity contribution is -0.121. The Morgan fingerprint density at radius 1 is 1.39 bits per heavy atom. The van der Waals surface area contributed by atoms with E-state index in [0.29, 0.717) is 12.2 Å². The molecule has 0 saturated heterocycles. The van der Waals surface area contributed by atoms with Gasteiger partial charge in [-0.2, -0.15) is 0 Å². The second-order valence-electron chi connectivity index (χ2n) is 6.14. The molecule has 0 radical (unpaired) electrons. The molecule has 1 aliphatic rings. The number of benzene rings is 1. The van der Waals surface area contributed by atoms with Gasteiger partial charge in [0.05, 0.1) is 12.2 Å². The smallest absolute Gasteiger partial charge is 0.534 e. The standard InChI is InChI=1S/C16H23BN2O8S/c1-3-25-10-26-16(21)12-6-4-5-11-9-13(17(22)27-15(11)12)19-14(20)7-8-18-28(2,23)24/h4-6,13,18,22H,3,7-10H2,1-2H3,(H,19,20)/t13-/m0/s1. The van der Waals surface area contributed by atoms with E-state index in [-0.39, 0.29) is 37.5 Å². The zero-order valence-electron chi connectivity index (χ0n) is 15.6. The number of ether oxygens (including phenoxy) is 2. The van der Waals surface area contributed by atoms with Gasteiger partial charge in [-0.05, 0) is 25.0 Å². The van der Waals surface area contributed by atoms with Crippen molar-refractivity contribution in [2.24, 2.45) is 0 Å². The molecule has 1 aromatic carbocycles. The predicted octanol–water partition coefficient (Wildman–Crippen LogP) is -0.784. The van der Waals surface area contributed by atoms with Crippen LogP contribution in [0.15, 0.2) is 18.2 Å². The van der Waals surface area contributed by atoms with Gasteiger partial charge in [0.25, 0.3) is 0 Å². The molecule has 1 aliphatic heterocycles. The van der Waals surface area contributed by atoms with Crippen molar-refractivity contribution in [1.82, 2.24) is 10.0 Å². The average molecular weight is 414 g/mol. The lowest BCUT2D eigenvalue weighted by Gasteiger charge is -2.29. The molecular formula is C16H23BN2O8S. The maximum Gasteiger partial charge on any atom is 0.547 e. The molecule has 1 aromatic rings. The zero-order chi connectivity index (χ0) is 20.7. The van der Waals surface area contributed by atoms with Crippen molar-refractivity contribution in [1.29, 1.82) is 0 Å². The molecule has 1 atom stereocenters. The van der Waals surface area contributed by atoms with E-state index in [1.54, 1.807) is 19.1 Å². The van der Waals surface area contributed by atoms with Gasteiger partial charge in [-0.25, -0.2) is 17.9 Å². The fourth-order valence-electron chi connectivity index (χ4n) is 2.59. The summed E-state index contributed by atoms with van der Waals surface area (Å²) in [6.45, 7) is 1.92. The number of carbonyl (C=O) groups is 2. The number of fused-ring (bicyclic) bond motifs is 1. The van der Waals surface area contributed by atoms with E-state index in [1.807, 2.05) is 0 Å². The molecule has 0 aliphatic carbocycles. The first-order chi connectivity index (χ1) is 13.2. The molecule has 10 nitrogen and oxygen atoms in total. The van der Waals surface area contributed by atoms with Crippen LogP contribution < -0.4 is 14.7 Å². The van der Waals surface area contributed by atoms with Crippen molar-refractivity contribution in [3.05, 3.63) is 29.3 Å². The summed E-state index contributed by atoms with van der Waals surface area (Å²) < 4.78 is 39.7. The molecular weight excluding hydrogens is 391 g/mol. The minimum Gasteiger partial charge on any atom is -0.534 e. The number of sulfonamides is 1. The molecule has 0 bridgehead atoms. The summed E-state index contributed by atoms with van der Waals surface area (Å²) in [6, 6.07) is 4.87. The Bertz CT molecular complexity index is 817. The quantitative estimate of drug-likeness (QED) is 0.207. The lowest BCUT2D eigenvalue weighted by atomic mass is 9.72. The third-order valence-corrected chi connectivity index (χ3v) is 4.61. The second kappa shape index (κ2) is 9.87. The van der Waals surface area contributed by atoms with Gasteiger partial charge < -0.3 is 24.5 Å². The third kappa shape index (κ3) is 6.48. The Hall–Kier alpha value is -2.15. The summed E-state index contributed by atoms with van der Waals surface area (Å²) in [4.78, 5) is 24.1. The van der Waals surface area contributed by atoms with Gasteiger partial charge in [0, 0.05) is 19.6 Å². The number of rotatable bonds is 9. The minimum atomic E-state index is -3.38. The Morgan fingerprint density at radius 3 is 2.82 bits per heavy atom. The number of nitrogens with one attached hydrogen (secondary N) is 2. The first-order valence-corrected chi connectivity index (χ1v) is 10.6. The number of amides is 1. The van der Waals surface area contributed by atoms with E-state index >= 15 is 0 Å². The molecule has 0 saturated carbocycles. The van der Waals surface area contributed by atoms with Crippen LogP contribution in [0, 0.1) is 0 Å². The van der Waals surface area contributed by atoms with Gasteiger partial charge >= 0.3 is 13.1 Å². The molecule has 1 heterocycles. The zero-order valence-corrected chi connectivity index (χ0v) is 16.5. The van der Waals surface area contributed by atoms with Gasteiger partial charge in [-0.1, -0.05) is 12.1 Å². The number of esters is 1. The van der Waals surface area contributed by atoms with Gasteiger partial charge in [-0.15, -0.1) is 0 Å². The molecule has 0 unspecified atom stereocenters. The largest absolute Gasteiger partial charge is 0.547 e. The van der Waals surface area contributed by atoms with Crippen LogP contribution in [0.5, 0.6) is 5.75 Å². The molecule has 3 N–H and O–H groups in total. The van der Waals surface area contributed by atoms with Crippen molar-refractivity contribution >= 4 is 29.0 Å². The number of carbonyl (C=O) groups excluding carboxylic acids is 2. The summed E-state index contributed by atoms with van der Waals surface area (Å²) in [7, 11) is -4.76. The number of hydrogen-bond donors (Lipinski definition) is 3. The van der Waals surface area contributed by atoms with Crippen molar-refractivity contribution in [3.8, 4) is 5.75 Å². The number of para-hydroxylation sites is 1. The maximum atomic E-state index is 12.2. The highest BCUT2D eigenvalue weighted by Gasteiger charge is 2.37. The van der Waals surface area contributed by atoms with Crippen LogP contribution in [0.3, 0.4) is 0 Å². The van der Waals surface area contributed by atoms with Crippen LogP contribution in [-0.2, 0) is 30.7 Å². The Balaban J connectivity index is 2.00. The Labute approximate surface area is 163 Å². The highest BCUT2D eigenvalue weighted by molar-refractivity contribution is 7.88. The maximum absolute atomic E-state index is 12.2.